The molecule has 2 fully saturated rings. The Labute approximate surface area is 254 Å². The Morgan fingerprint density at radius 1 is 1.20 bits per heavy atom. The molecule has 0 aliphatic carbocycles. The van der Waals surface area contributed by atoms with Crippen LogP contribution in [0.5, 0.6) is 5.75 Å². The molecule has 220 valence electrons. The minimum atomic E-state index is -0.590. The van der Waals surface area contributed by atoms with Crippen molar-refractivity contribution in [2.24, 2.45) is 0 Å². The standard InChI is InChI=1S/C30H38IN5O5/c1-19-15-20(10-12-32-19)27(37)34-28-33-24-8-9-25(40-22-11-14-39-18-22)23(16-31)26(24)36(28)21-7-5-6-13-35(17-21)29(38)41-30(2,3)4/h8-10,12,15,21-22H,5-7,11,13-14,16-18H2,1-4H3,(H,33,34,37)/t21-,22-/m1/s1. The molecule has 0 unspecified atom stereocenters. The van der Waals surface area contributed by atoms with Crippen molar-refractivity contribution in [3.8, 4) is 5.75 Å². The van der Waals surface area contributed by atoms with Crippen LogP contribution in [0.1, 0.15) is 74.1 Å². The van der Waals surface area contributed by atoms with Gasteiger partial charge in [-0.1, -0.05) is 22.6 Å². The van der Waals surface area contributed by atoms with Gasteiger partial charge >= 0.3 is 6.09 Å². The molecule has 2 saturated heterocycles. The molecule has 2 aliphatic rings. The number of alkyl halides is 1. The van der Waals surface area contributed by atoms with Crippen molar-refractivity contribution in [1.82, 2.24) is 19.4 Å². The topological polar surface area (TPSA) is 108 Å². The van der Waals surface area contributed by atoms with Gasteiger partial charge in [-0.05, 0) is 71.2 Å². The zero-order valence-corrected chi connectivity index (χ0v) is 26.3. The van der Waals surface area contributed by atoms with Crippen LogP contribution in [-0.4, -0.2) is 69.4 Å². The van der Waals surface area contributed by atoms with Crippen molar-refractivity contribution in [3.63, 3.8) is 0 Å². The molecule has 2 atom stereocenters. The van der Waals surface area contributed by atoms with E-state index in [0.717, 1.165) is 53.7 Å². The molecule has 41 heavy (non-hydrogen) atoms. The number of rotatable bonds is 6. The highest BCUT2D eigenvalue weighted by Crippen LogP contribution is 2.37. The summed E-state index contributed by atoms with van der Waals surface area (Å²) in [4.78, 5) is 37.5. The van der Waals surface area contributed by atoms with Gasteiger partial charge in [0.1, 0.15) is 17.5 Å². The van der Waals surface area contributed by atoms with Gasteiger partial charge in [0, 0.05) is 47.0 Å². The molecule has 3 aromatic rings. The number of carbonyl (C=O) groups is 2. The second kappa shape index (κ2) is 12.5. The van der Waals surface area contributed by atoms with Crippen LogP contribution in [0.15, 0.2) is 30.5 Å². The summed E-state index contributed by atoms with van der Waals surface area (Å²) in [6.07, 6.45) is 4.77. The van der Waals surface area contributed by atoms with Crippen LogP contribution in [0.2, 0.25) is 0 Å². The van der Waals surface area contributed by atoms with Crippen molar-refractivity contribution < 1.29 is 23.8 Å². The van der Waals surface area contributed by atoms with Crippen LogP contribution >= 0.6 is 22.6 Å². The van der Waals surface area contributed by atoms with Gasteiger partial charge in [0.2, 0.25) is 5.95 Å². The van der Waals surface area contributed by atoms with E-state index in [2.05, 4.69) is 37.5 Å². The van der Waals surface area contributed by atoms with Crippen LogP contribution in [0.25, 0.3) is 11.0 Å². The summed E-state index contributed by atoms with van der Waals surface area (Å²) in [5, 5.41) is 3.07. The zero-order valence-electron chi connectivity index (χ0n) is 24.1. The van der Waals surface area contributed by atoms with E-state index < -0.39 is 5.60 Å². The number of nitrogens with one attached hydrogen (secondary N) is 1. The number of hydrogen-bond acceptors (Lipinski definition) is 7. The van der Waals surface area contributed by atoms with Gasteiger partial charge in [0.05, 0.1) is 30.3 Å². The zero-order chi connectivity index (χ0) is 29.1. The molecule has 0 radical (unpaired) electrons. The minimum Gasteiger partial charge on any atom is -0.488 e. The first kappa shape index (κ1) is 29.6. The predicted octanol–water partition coefficient (Wildman–Crippen LogP) is 6.06. The van der Waals surface area contributed by atoms with Gasteiger partial charge in [-0.25, -0.2) is 9.78 Å². The molecule has 0 saturated carbocycles. The monoisotopic (exact) mass is 675 g/mol. The lowest BCUT2D eigenvalue weighted by Crippen LogP contribution is -2.39. The van der Waals surface area contributed by atoms with E-state index in [4.69, 9.17) is 19.2 Å². The van der Waals surface area contributed by atoms with Crippen molar-refractivity contribution in [1.29, 1.82) is 0 Å². The Hall–Kier alpha value is -2.93. The van der Waals surface area contributed by atoms with Crippen molar-refractivity contribution in [2.75, 3.05) is 31.6 Å². The van der Waals surface area contributed by atoms with Crippen LogP contribution in [0.3, 0.4) is 0 Å². The normalized spacial score (nSPS) is 19.7. The summed E-state index contributed by atoms with van der Waals surface area (Å²) >= 11 is 2.35. The summed E-state index contributed by atoms with van der Waals surface area (Å²) < 4.78 is 20.5. The van der Waals surface area contributed by atoms with Gasteiger partial charge in [-0.2, -0.15) is 0 Å². The minimum absolute atomic E-state index is 0.000153. The molecule has 0 spiro atoms. The van der Waals surface area contributed by atoms with Gasteiger partial charge in [0.15, 0.2) is 0 Å². The highest BCUT2D eigenvalue weighted by Gasteiger charge is 2.31. The number of ether oxygens (including phenoxy) is 3. The molecule has 11 heteroatoms. The Bertz CT molecular complexity index is 1410. The number of halogens is 1. The first-order chi connectivity index (χ1) is 19.6. The molecule has 2 amide bonds. The molecule has 5 rings (SSSR count). The first-order valence-electron chi connectivity index (χ1n) is 14.2. The summed E-state index contributed by atoms with van der Waals surface area (Å²) in [5.74, 6) is 0.979. The second-order valence-electron chi connectivity index (χ2n) is 11.7. The average molecular weight is 676 g/mol. The number of anilines is 1. The number of nitrogens with zero attached hydrogens (tertiary/aromatic N) is 4. The molecule has 2 aromatic heterocycles. The smallest absolute Gasteiger partial charge is 0.410 e. The summed E-state index contributed by atoms with van der Waals surface area (Å²) in [6.45, 7) is 9.80. The number of amides is 2. The maximum Gasteiger partial charge on any atom is 0.410 e. The fourth-order valence-corrected chi connectivity index (χ4v) is 6.13. The fourth-order valence-electron chi connectivity index (χ4n) is 5.39. The van der Waals surface area contributed by atoms with Gasteiger partial charge in [-0.15, -0.1) is 0 Å². The molecule has 4 heterocycles. The van der Waals surface area contributed by atoms with E-state index >= 15 is 0 Å². The Morgan fingerprint density at radius 2 is 2.02 bits per heavy atom. The van der Waals surface area contributed by atoms with Gasteiger partial charge < -0.3 is 23.7 Å². The van der Waals surface area contributed by atoms with Crippen molar-refractivity contribution >= 4 is 51.6 Å². The number of pyridine rings is 1. The van der Waals surface area contributed by atoms with Crippen molar-refractivity contribution in [3.05, 3.63) is 47.3 Å². The van der Waals surface area contributed by atoms with Crippen LogP contribution < -0.4 is 10.1 Å². The molecule has 10 nitrogen and oxygen atoms in total. The third-order valence-corrected chi connectivity index (χ3v) is 8.04. The lowest BCUT2D eigenvalue weighted by atomic mass is 10.1. The highest BCUT2D eigenvalue weighted by molar-refractivity contribution is 14.1. The van der Waals surface area contributed by atoms with E-state index in [1.165, 1.54) is 0 Å². The van der Waals surface area contributed by atoms with Crippen LogP contribution in [0, 0.1) is 6.92 Å². The second-order valence-corrected chi connectivity index (χ2v) is 12.4. The first-order valence-corrected chi connectivity index (χ1v) is 15.7. The number of aromatic nitrogens is 3. The molecular weight excluding hydrogens is 637 g/mol. The van der Waals surface area contributed by atoms with Crippen LogP contribution in [-0.2, 0) is 13.9 Å². The number of aryl methyl sites for hydroxylation is 1. The lowest BCUT2D eigenvalue weighted by molar-refractivity contribution is 0.0238. The third-order valence-electron chi connectivity index (χ3n) is 7.28. The fraction of sp³-hybridized carbons (Fsp3) is 0.533. The Morgan fingerprint density at radius 3 is 2.73 bits per heavy atom. The summed E-state index contributed by atoms with van der Waals surface area (Å²) in [6, 6.07) is 7.23. The van der Waals surface area contributed by atoms with Gasteiger partial charge in [-0.3, -0.25) is 15.1 Å². The number of fused-ring (bicyclic) bond motifs is 1. The molecule has 1 aromatic carbocycles. The van der Waals surface area contributed by atoms with Gasteiger partial charge in [0.25, 0.3) is 5.91 Å². The Balaban J connectivity index is 1.58. The van der Waals surface area contributed by atoms with Crippen LogP contribution in [0.4, 0.5) is 10.7 Å². The average Bonchev–Trinajstić information content (AvgIpc) is 3.48. The third kappa shape index (κ3) is 6.94. The number of benzene rings is 1. The molecule has 0 bridgehead atoms. The maximum atomic E-state index is 13.4. The quantitative estimate of drug-likeness (QED) is 0.250. The number of likely N-dealkylation sites (tertiary alicyclic amines) is 1. The Kier molecular flexibility index (Phi) is 9.03. The van der Waals surface area contributed by atoms with Crippen molar-refractivity contribution in [2.45, 2.75) is 75.6 Å². The molecule has 2 aliphatic heterocycles. The maximum absolute atomic E-state index is 13.4. The van der Waals surface area contributed by atoms with E-state index in [-0.39, 0.29) is 24.1 Å². The van der Waals surface area contributed by atoms with E-state index in [0.29, 0.717) is 42.2 Å². The molecule has 1 N–H and O–H groups in total. The van der Waals surface area contributed by atoms with E-state index in [1.54, 1.807) is 23.2 Å². The van der Waals surface area contributed by atoms with E-state index in [1.807, 2.05) is 39.8 Å². The largest absolute Gasteiger partial charge is 0.488 e. The number of hydrogen-bond donors (Lipinski definition) is 1. The summed E-state index contributed by atoms with van der Waals surface area (Å²) in [7, 11) is 0. The lowest BCUT2D eigenvalue weighted by Gasteiger charge is -2.29. The number of imidazole rings is 1. The summed E-state index contributed by atoms with van der Waals surface area (Å²) in [5.41, 5.74) is 3.36. The molecular formula is C30H38IN5O5. The SMILES string of the molecule is Cc1cc(C(=O)Nc2nc3ccc(O[C@@H]4CCOC4)c(CI)c3n2[C@@H]2CCCCN(C(=O)OC(C)(C)C)C2)ccn1. The number of carbonyl (C=O) groups excluding carboxylic acids is 2. The highest BCUT2D eigenvalue weighted by atomic mass is 127. The predicted molar refractivity (Wildman–Crippen MR) is 165 cm³/mol. The van der Waals surface area contributed by atoms with E-state index in [9.17, 15) is 9.59 Å².